The van der Waals surface area contributed by atoms with E-state index in [4.69, 9.17) is 18.6 Å². The van der Waals surface area contributed by atoms with E-state index in [-0.39, 0.29) is 5.69 Å². The molecule has 0 spiro atoms. The third kappa shape index (κ3) is 2.72. The SMILES string of the molecule is CCc1nn2c(-c3c(OC)cc(COC)cc3OC)c(C)oc2c1N=O. The lowest BCUT2D eigenvalue weighted by atomic mass is 10.0. The van der Waals surface area contributed by atoms with Crippen molar-refractivity contribution < 1.29 is 18.6 Å². The highest BCUT2D eigenvalue weighted by Crippen LogP contribution is 2.43. The predicted molar refractivity (Wildman–Crippen MR) is 96.3 cm³/mol. The molecule has 8 heteroatoms. The van der Waals surface area contributed by atoms with Crippen molar-refractivity contribution in [2.75, 3.05) is 21.3 Å². The van der Waals surface area contributed by atoms with Crippen molar-refractivity contribution in [3.63, 3.8) is 0 Å². The highest BCUT2D eigenvalue weighted by molar-refractivity contribution is 5.80. The van der Waals surface area contributed by atoms with Gasteiger partial charge in [-0.3, -0.25) is 0 Å². The zero-order chi connectivity index (χ0) is 18.8. The van der Waals surface area contributed by atoms with E-state index in [1.165, 1.54) is 0 Å². The summed E-state index contributed by atoms with van der Waals surface area (Å²) in [5.74, 6) is 1.77. The Morgan fingerprint density at radius 1 is 1.19 bits per heavy atom. The Bertz CT molecular complexity index is 933. The lowest BCUT2D eigenvalue weighted by Gasteiger charge is -2.15. The van der Waals surface area contributed by atoms with Crippen molar-refractivity contribution in [2.45, 2.75) is 26.9 Å². The zero-order valence-corrected chi connectivity index (χ0v) is 15.5. The van der Waals surface area contributed by atoms with E-state index in [9.17, 15) is 4.91 Å². The van der Waals surface area contributed by atoms with Crippen molar-refractivity contribution in [3.8, 4) is 22.8 Å². The number of benzene rings is 1. The second kappa shape index (κ2) is 7.17. The van der Waals surface area contributed by atoms with Crippen LogP contribution in [0.15, 0.2) is 21.7 Å². The average Bonchev–Trinajstić information content (AvgIpc) is 3.14. The fraction of sp³-hybridized carbons (Fsp3) is 0.389. The lowest BCUT2D eigenvalue weighted by molar-refractivity contribution is 0.184. The van der Waals surface area contributed by atoms with E-state index in [0.29, 0.717) is 53.0 Å². The van der Waals surface area contributed by atoms with Gasteiger partial charge in [0.25, 0.3) is 5.71 Å². The fourth-order valence-electron chi connectivity index (χ4n) is 3.08. The first-order valence-corrected chi connectivity index (χ1v) is 8.18. The minimum absolute atomic E-state index is 0.218. The van der Waals surface area contributed by atoms with Crippen LogP contribution in [-0.2, 0) is 17.8 Å². The molecule has 0 aliphatic rings. The van der Waals surface area contributed by atoms with Crippen LogP contribution in [0.3, 0.4) is 0 Å². The first kappa shape index (κ1) is 17.9. The van der Waals surface area contributed by atoms with Crippen LogP contribution >= 0.6 is 0 Å². The molecular weight excluding hydrogens is 338 g/mol. The van der Waals surface area contributed by atoms with E-state index in [2.05, 4.69) is 10.3 Å². The van der Waals surface area contributed by atoms with Gasteiger partial charge in [0, 0.05) is 7.11 Å². The molecule has 0 saturated carbocycles. The summed E-state index contributed by atoms with van der Waals surface area (Å²) in [4.78, 5) is 11.3. The summed E-state index contributed by atoms with van der Waals surface area (Å²) in [5.41, 5.74) is 3.36. The Balaban J connectivity index is 2.34. The first-order chi connectivity index (χ1) is 12.6. The van der Waals surface area contributed by atoms with Gasteiger partial charge < -0.3 is 18.6 Å². The maximum atomic E-state index is 11.3. The van der Waals surface area contributed by atoms with Gasteiger partial charge in [0.05, 0.1) is 32.1 Å². The molecule has 0 N–H and O–H groups in total. The zero-order valence-electron chi connectivity index (χ0n) is 15.5. The van der Waals surface area contributed by atoms with Gasteiger partial charge in [0.1, 0.15) is 23.0 Å². The summed E-state index contributed by atoms with van der Waals surface area (Å²) in [6.07, 6.45) is 0.567. The van der Waals surface area contributed by atoms with Crippen LogP contribution in [0.5, 0.6) is 11.5 Å². The molecular formula is C18H21N3O5. The van der Waals surface area contributed by atoms with Gasteiger partial charge in [-0.2, -0.15) is 9.61 Å². The molecule has 138 valence electrons. The van der Waals surface area contributed by atoms with Crippen LogP contribution < -0.4 is 9.47 Å². The molecule has 26 heavy (non-hydrogen) atoms. The third-order valence-electron chi connectivity index (χ3n) is 4.22. The van der Waals surface area contributed by atoms with Gasteiger partial charge in [-0.1, -0.05) is 6.92 Å². The number of nitrogens with zero attached hydrogens (tertiary/aromatic N) is 3. The second-order valence-electron chi connectivity index (χ2n) is 5.77. The monoisotopic (exact) mass is 359 g/mol. The Morgan fingerprint density at radius 3 is 2.35 bits per heavy atom. The fourth-order valence-corrected chi connectivity index (χ4v) is 3.08. The van der Waals surface area contributed by atoms with Crippen LogP contribution in [-0.4, -0.2) is 30.9 Å². The summed E-state index contributed by atoms with van der Waals surface area (Å²) in [5, 5.41) is 7.60. The molecule has 0 fully saturated rings. The predicted octanol–water partition coefficient (Wildman–Crippen LogP) is 4.03. The Kier molecular flexibility index (Phi) is 4.94. The van der Waals surface area contributed by atoms with Crippen molar-refractivity contribution in [1.82, 2.24) is 9.61 Å². The molecule has 0 unspecified atom stereocenters. The smallest absolute Gasteiger partial charge is 0.252 e. The van der Waals surface area contributed by atoms with E-state index in [0.717, 1.165) is 5.56 Å². The van der Waals surface area contributed by atoms with Crippen molar-refractivity contribution in [2.24, 2.45) is 5.18 Å². The van der Waals surface area contributed by atoms with Gasteiger partial charge in [0.2, 0.25) is 0 Å². The number of ether oxygens (including phenoxy) is 3. The maximum Gasteiger partial charge on any atom is 0.252 e. The molecule has 0 saturated heterocycles. The molecule has 3 rings (SSSR count). The molecule has 0 atom stereocenters. The Morgan fingerprint density at radius 2 is 1.85 bits per heavy atom. The molecule has 2 aromatic heterocycles. The second-order valence-corrected chi connectivity index (χ2v) is 5.77. The summed E-state index contributed by atoms with van der Waals surface area (Å²) >= 11 is 0. The van der Waals surface area contributed by atoms with Crippen molar-refractivity contribution in [1.29, 1.82) is 0 Å². The number of nitroso groups, excluding NO2 is 1. The number of oxazole rings is 1. The standard InChI is InChI=1S/C18H21N3O5/c1-6-12-16(20-22)18-21(19-12)17(10(2)26-18)15-13(24-4)7-11(9-23-3)8-14(15)25-5/h7-8H,6,9H2,1-5H3. The van der Waals surface area contributed by atoms with Crippen LogP contribution in [0.1, 0.15) is 23.9 Å². The van der Waals surface area contributed by atoms with Gasteiger partial charge in [-0.05, 0) is 36.2 Å². The lowest BCUT2D eigenvalue weighted by Crippen LogP contribution is -2.00. The molecule has 2 heterocycles. The van der Waals surface area contributed by atoms with E-state index in [1.807, 2.05) is 19.1 Å². The average molecular weight is 359 g/mol. The Hall–Kier alpha value is -2.87. The minimum Gasteiger partial charge on any atom is -0.496 e. The number of fused-ring (bicyclic) bond motifs is 1. The number of hydrogen-bond donors (Lipinski definition) is 0. The molecule has 0 aliphatic heterocycles. The van der Waals surface area contributed by atoms with Gasteiger partial charge in [0.15, 0.2) is 5.69 Å². The molecule has 0 aliphatic carbocycles. The molecule has 0 radical (unpaired) electrons. The molecule has 3 aromatic rings. The van der Waals surface area contributed by atoms with Crippen LogP contribution in [0.4, 0.5) is 5.69 Å². The summed E-state index contributed by atoms with van der Waals surface area (Å²) < 4.78 is 23.8. The van der Waals surface area contributed by atoms with Crippen molar-refractivity contribution >= 4 is 11.4 Å². The van der Waals surface area contributed by atoms with Crippen LogP contribution in [0, 0.1) is 11.8 Å². The highest BCUT2D eigenvalue weighted by atomic mass is 16.5. The summed E-state index contributed by atoms with van der Waals surface area (Å²) in [6, 6.07) is 3.76. The summed E-state index contributed by atoms with van der Waals surface area (Å²) in [7, 11) is 4.79. The third-order valence-corrected chi connectivity index (χ3v) is 4.22. The van der Waals surface area contributed by atoms with Crippen LogP contribution in [0.2, 0.25) is 0 Å². The van der Waals surface area contributed by atoms with Gasteiger partial charge in [-0.15, -0.1) is 4.91 Å². The normalized spacial score (nSPS) is 11.1. The van der Waals surface area contributed by atoms with Crippen molar-refractivity contribution in [3.05, 3.63) is 34.1 Å². The first-order valence-electron chi connectivity index (χ1n) is 8.18. The summed E-state index contributed by atoms with van der Waals surface area (Å²) in [6.45, 7) is 4.13. The van der Waals surface area contributed by atoms with Gasteiger partial charge >= 0.3 is 0 Å². The quantitative estimate of drug-likeness (QED) is 0.592. The number of hydrogen-bond acceptors (Lipinski definition) is 7. The number of methoxy groups -OCH3 is 3. The minimum atomic E-state index is 0.218. The largest absolute Gasteiger partial charge is 0.496 e. The molecule has 1 aromatic carbocycles. The molecule has 0 bridgehead atoms. The Labute approximate surface area is 150 Å². The van der Waals surface area contributed by atoms with Gasteiger partial charge in [-0.25, -0.2) is 0 Å². The number of aryl methyl sites for hydroxylation is 2. The molecule has 8 nitrogen and oxygen atoms in total. The number of aromatic nitrogens is 2. The maximum absolute atomic E-state index is 11.3. The van der Waals surface area contributed by atoms with E-state index < -0.39 is 0 Å². The number of rotatable bonds is 7. The topological polar surface area (TPSA) is 87.6 Å². The molecule has 0 amide bonds. The highest BCUT2D eigenvalue weighted by Gasteiger charge is 2.26. The van der Waals surface area contributed by atoms with Crippen LogP contribution in [0.25, 0.3) is 17.0 Å². The van der Waals surface area contributed by atoms with E-state index >= 15 is 0 Å². The van der Waals surface area contributed by atoms with E-state index in [1.54, 1.807) is 32.8 Å².